The fourth-order valence-electron chi connectivity index (χ4n) is 7.78. The number of nitrogens with zero attached hydrogens (tertiary/aromatic N) is 3. The van der Waals surface area contributed by atoms with Crippen molar-refractivity contribution in [1.82, 2.24) is 9.80 Å². The van der Waals surface area contributed by atoms with Gasteiger partial charge in [-0.1, -0.05) is 18.1 Å². The Kier molecular flexibility index (Phi) is 5.30. The minimum atomic E-state index is -0.279. The van der Waals surface area contributed by atoms with Crippen molar-refractivity contribution in [3.8, 4) is 11.5 Å². The molecule has 2 amide bonds. The Bertz CT molecular complexity index is 1070. The van der Waals surface area contributed by atoms with Crippen LogP contribution in [0.5, 0.6) is 11.5 Å². The second-order valence-corrected chi connectivity index (χ2v) is 11.3. The van der Waals surface area contributed by atoms with Crippen molar-refractivity contribution in [2.24, 2.45) is 17.8 Å². The number of fused-ring (bicyclic) bond motifs is 7. The molecule has 5 atom stereocenters. The Morgan fingerprint density at radius 3 is 2.80 bits per heavy atom. The van der Waals surface area contributed by atoms with Crippen LogP contribution >= 0.6 is 0 Å². The van der Waals surface area contributed by atoms with E-state index in [4.69, 9.17) is 9.47 Å². The maximum absolute atomic E-state index is 13.9. The normalized spacial score (nSPS) is 34.2. The maximum atomic E-state index is 13.9. The molecule has 4 saturated heterocycles. The zero-order valence-corrected chi connectivity index (χ0v) is 20.4. The number of hydrogen-bond acceptors (Lipinski definition) is 5. The van der Waals surface area contributed by atoms with E-state index in [-0.39, 0.29) is 30.2 Å². The summed E-state index contributed by atoms with van der Waals surface area (Å²) in [5.74, 6) is 2.49. The summed E-state index contributed by atoms with van der Waals surface area (Å²) in [4.78, 5) is 33.6. The second kappa shape index (κ2) is 8.54. The molecule has 4 fully saturated rings. The molecule has 4 unspecified atom stereocenters. The molecule has 2 bridgehead atoms. The molecule has 0 saturated carbocycles. The number of benzene rings is 1. The third kappa shape index (κ3) is 3.65. The van der Waals surface area contributed by atoms with Crippen LogP contribution < -0.4 is 14.4 Å². The molecule has 186 valence electrons. The fraction of sp³-hybridized carbons (Fsp3) is 0.643. The van der Waals surface area contributed by atoms with Crippen molar-refractivity contribution in [2.75, 3.05) is 44.3 Å². The molecule has 0 N–H and O–H groups in total. The standard InChI is InChI=1S/C28H35N3O4/c32-26-14-21(17-31(26)22-6-7-24-25(15-22)35-11-10-34-24)28(33)30-9-3-4-18-12-19-13-20(27(18)30)16-29-8-2-1-5-23(19)29/h6-7,12,15,19-21,23,27H,1-5,8-11,13-14,16-17H2/t19-,20?,21?,23?,27?/m0/s1. The molecular formula is C28H35N3O4. The zero-order chi connectivity index (χ0) is 23.5. The van der Waals surface area contributed by atoms with Crippen molar-refractivity contribution < 1.29 is 19.1 Å². The number of amides is 2. The predicted octanol–water partition coefficient (Wildman–Crippen LogP) is 3.23. The molecule has 7 rings (SSSR count). The SMILES string of the molecule is O=C1CC(C(=O)N2CCCC3=C[C@H]4CC(CN5CCCCC45)C32)CN1c1ccc2c(c1)OCCO2. The first kappa shape index (κ1) is 21.7. The summed E-state index contributed by atoms with van der Waals surface area (Å²) < 4.78 is 11.3. The van der Waals surface area contributed by atoms with E-state index in [0.717, 1.165) is 31.6 Å². The number of carbonyl (C=O) groups excluding carboxylic acids is 2. The van der Waals surface area contributed by atoms with Crippen LogP contribution in [0.15, 0.2) is 29.8 Å². The van der Waals surface area contributed by atoms with Gasteiger partial charge in [0.05, 0.1) is 12.0 Å². The number of piperidine rings is 3. The van der Waals surface area contributed by atoms with Gasteiger partial charge < -0.3 is 19.3 Å². The molecule has 1 aromatic carbocycles. The largest absolute Gasteiger partial charge is 0.486 e. The Hall–Kier alpha value is -2.54. The first-order valence-corrected chi connectivity index (χ1v) is 13.6. The summed E-state index contributed by atoms with van der Waals surface area (Å²) in [7, 11) is 0. The number of likely N-dealkylation sites (tertiary alicyclic amines) is 1. The average molecular weight is 478 g/mol. The highest BCUT2D eigenvalue weighted by molar-refractivity contribution is 6.00. The van der Waals surface area contributed by atoms with Gasteiger partial charge in [-0.15, -0.1) is 0 Å². The lowest BCUT2D eigenvalue weighted by atomic mass is 9.68. The quantitative estimate of drug-likeness (QED) is 0.612. The van der Waals surface area contributed by atoms with Gasteiger partial charge in [-0.2, -0.15) is 0 Å². The van der Waals surface area contributed by atoms with E-state index in [1.165, 1.54) is 37.8 Å². The highest BCUT2D eigenvalue weighted by atomic mass is 16.6. The van der Waals surface area contributed by atoms with E-state index in [1.54, 1.807) is 4.90 Å². The van der Waals surface area contributed by atoms with Crippen LogP contribution in [0.1, 0.15) is 44.9 Å². The molecule has 35 heavy (non-hydrogen) atoms. The molecule has 1 aromatic rings. The summed E-state index contributed by atoms with van der Waals surface area (Å²) in [6.07, 6.45) is 10.2. The highest BCUT2D eigenvalue weighted by Crippen LogP contribution is 2.46. The molecule has 1 aliphatic carbocycles. The van der Waals surface area contributed by atoms with Gasteiger partial charge in [0, 0.05) is 43.9 Å². The van der Waals surface area contributed by atoms with E-state index in [2.05, 4.69) is 15.9 Å². The second-order valence-electron chi connectivity index (χ2n) is 11.3. The molecular weight excluding hydrogens is 442 g/mol. The number of ether oxygens (including phenoxy) is 2. The van der Waals surface area contributed by atoms with Crippen molar-refractivity contribution in [3.05, 3.63) is 29.8 Å². The summed E-state index contributed by atoms with van der Waals surface area (Å²) in [6.45, 7) is 4.65. The molecule has 5 heterocycles. The third-order valence-electron chi connectivity index (χ3n) is 9.25. The lowest BCUT2D eigenvalue weighted by molar-refractivity contribution is -0.140. The number of hydrogen-bond donors (Lipinski definition) is 0. The van der Waals surface area contributed by atoms with Crippen LogP contribution in [-0.4, -0.2) is 73.1 Å². The number of rotatable bonds is 2. The van der Waals surface area contributed by atoms with Crippen LogP contribution in [0, 0.1) is 17.8 Å². The smallest absolute Gasteiger partial charge is 0.228 e. The average Bonchev–Trinajstić information content (AvgIpc) is 3.29. The fourth-order valence-corrected chi connectivity index (χ4v) is 7.78. The zero-order valence-electron chi connectivity index (χ0n) is 20.4. The van der Waals surface area contributed by atoms with E-state index < -0.39 is 0 Å². The molecule has 7 heteroatoms. The lowest BCUT2D eigenvalue weighted by Gasteiger charge is -2.55. The van der Waals surface area contributed by atoms with Crippen LogP contribution in [0.3, 0.4) is 0 Å². The van der Waals surface area contributed by atoms with Crippen LogP contribution in [-0.2, 0) is 9.59 Å². The van der Waals surface area contributed by atoms with Gasteiger partial charge in [-0.3, -0.25) is 14.5 Å². The Labute approximate surface area is 207 Å². The molecule has 0 radical (unpaired) electrons. The molecule has 6 aliphatic rings. The van der Waals surface area contributed by atoms with Gasteiger partial charge in [0.2, 0.25) is 11.8 Å². The van der Waals surface area contributed by atoms with Crippen molar-refractivity contribution in [2.45, 2.75) is 57.0 Å². The Balaban J connectivity index is 1.11. The Morgan fingerprint density at radius 2 is 1.89 bits per heavy atom. The number of anilines is 1. The van der Waals surface area contributed by atoms with Crippen molar-refractivity contribution in [3.63, 3.8) is 0 Å². The molecule has 5 aliphatic heterocycles. The summed E-state index contributed by atoms with van der Waals surface area (Å²) in [5.41, 5.74) is 2.29. The van der Waals surface area contributed by atoms with E-state index >= 15 is 0 Å². The third-order valence-corrected chi connectivity index (χ3v) is 9.25. The first-order valence-electron chi connectivity index (χ1n) is 13.6. The van der Waals surface area contributed by atoms with Gasteiger partial charge in [0.1, 0.15) is 13.2 Å². The summed E-state index contributed by atoms with van der Waals surface area (Å²) >= 11 is 0. The monoisotopic (exact) mass is 477 g/mol. The van der Waals surface area contributed by atoms with Crippen LogP contribution in [0.25, 0.3) is 0 Å². The predicted molar refractivity (Wildman–Crippen MR) is 132 cm³/mol. The van der Waals surface area contributed by atoms with Gasteiger partial charge in [-0.25, -0.2) is 0 Å². The molecule has 0 spiro atoms. The van der Waals surface area contributed by atoms with Crippen molar-refractivity contribution >= 4 is 17.5 Å². The first-order chi connectivity index (χ1) is 17.2. The summed E-state index contributed by atoms with van der Waals surface area (Å²) in [6, 6.07) is 6.58. The Morgan fingerprint density at radius 1 is 1.00 bits per heavy atom. The van der Waals surface area contributed by atoms with Crippen LogP contribution in [0.2, 0.25) is 0 Å². The lowest BCUT2D eigenvalue weighted by Crippen LogP contribution is -2.60. The van der Waals surface area contributed by atoms with Gasteiger partial charge in [0.15, 0.2) is 11.5 Å². The summed E-state index contributed by atoms with van der Waals surface area (Å²) in [5, 5.41) is 0. The molecule has 7 nitrogen and oxygen atoms in total. The van der Waals surface area contributed by atoms with E-state index in [1.807, 2.05) is 18.2 Å². The van der Waals surface area contributed by atoms with E-state index in [9.17, 15) is 9.59 Å². The van der Waals surface area contributed by atoms with Gasteiger partial charge in [-0.05, 0) is 62.6 Å². The maximum Gasteiger partial charge on any atom is 0.228 e. The molecule has 0 aromatic heterocycles. The highest BCUT2D eigenvalue weighted by Gasteiger charge is 2.48. The van der Waals surface area contributed by atoms with E-state index in [0.29, 0.717) is 49.1 Å². The minimum absolute atomic E-state index is 0.0188. The van der Waals surface area contributed by atoms with Gasteiger partial charge in [0.25, 0.3) is 0 Å². The topological polar surface area (TPSA) is 62.3 Å². The van der Waals surface area contributed by atoms with Crippen LogP contribution in [0.4, 0.5) is 5.69 Å². The van der Waals surface area contributed by atoms with Crippen molar-refractivity contribution in [1.29, 1.82) is 0 Å². The van der Waals surface area contributed by atoms with Gasteiger partial charge >= 0.3 is 0 Å². The minimum Gasteiger partial charge on any atom is -0.486 e. The number of carbonyl (C=O) groups is 2.